The van der Waals surface area contributed by atoms with Crippen molar-refractivity contribution in [2.45, 2.75) is 47.0 Å². The van der Waals surface area contributed by atoms with Gasteiger partial charge in [0.2, 0.25) is 11.6 Å². The molecule has 0 aliphatic heterocycles. The van der Waals surface area contributed by atoms with Gasteiger partial charge in [-0.3, -0.25) is 14.8 Å². The molecular weight excluding hydrogens is 577 g/mol. The Labute approximate surface area is 253 Å². The summed E-state index contributed by atoms with van der Waals surface area (Å²) in [6.45, 7) is 8.27. The summed E-state index contributed by atoms with van der Waals surface area (Å²) in [6, 6.07) is 10.4. The maximum Gasteiger partial charge on any atom is 0.371 e. The zero-order valence-electron chi connectivity index (χ0n) is 24.0. The Balaban J connectivity index is 1.47. The molecule has 0 saturated carbocycles. The van der Waals surface area contributed by atoms with Crippen LogP contribution in [0, 0.1) is 27.7 Å². The number of fused-ring (bicyclic) bond motifs is 1. The molecule has 0 bridgehead atoms. The van der Waals surface area contributed by atoms with Crippen LogP contribution in [0.3, 0.4) is 0 Å². The third-order valence-electron chi connectivity index (χ3n) is 7.64. The predicted molar refractivity (Wildman–Crippen MR) is 164 cm³/mol. The Morgan fingerprint density at radius 3 is 2.40 bits per heavy atom. The summed E-state index contributed by atoms with van der Waals surface area (Å²) in [4.78, 5) is 24.9. The van der Waals surface area contributed by atoms with Gasteiger partial charge in [0.15, 0.2) is 0 Å². The van der Waals surface area contributed by atoms with Crippen molar-refractivity contribution in [3.05, 3.63) is 91.4 Å². The van der Waals surface area contributed by atoms with Gasteiger partial charge in [-0.1, -0.05) is 29.3 Å². The van der Waals surface area contributed by atoms with Crippen LogP contribution in [0.1, 0.15) is 57.0 Å². The fourth-order valence-electron chi connectivity index (χ4n) is 5.58. The van der Waals surface area contributed by atoms with Gasteiger partial charge >= 0.3 is 5.97 Å². The third kappa shape index (κ3) is 5.56. The number of hydrogen-bond acceptors (Lipinski definition) is 5. The zero-order chi connectivity index (χ0) is 30.3. The lowest BCUT2D eigenvalue weighted by Crippen LogP contribution is -2.15. The molecule has 2 heterocycles. The molecule has 2 N–H and O–H groups in total. The van der Waals surface area contributed by atoms with Gasteiger partial charge in [0.25, 0.3) is 5.91 Å². The number of rotatable bonds is 9. The Morgan fingerprint density at radius 2 is 1.79 bits per heavy atom. The molecule has 10 heteroatoms. The number of hydrogen-bond donors (Lipinski definition) is 2. The SMILES string of the molecule is Cc1cc(OCCCC2=C(C(=O)Nc3ccc(C(=O)O)o3)Cc3c2ccc(Cl)c3-c2c(C)nn(C)c2C)cc(C)c1Cl. The number of carboxylic acids is 1. The average molecular weight is 609 g/mol. The molecule has 4 aromatic rings. The van der Waals surface area contributed by atoms with Crippen LogP contribution < -0.4 is 10.1 Å². The van der Waals surface area contributed by atoms with Gasteiger partial charge in [0.1, 0.15) is 5.75 Å². The number of furan rings is 1. The zero-order valence-corrected chi connectivity index (χ0v) is 25.5. The summed E-state index contributed by atoms with van der Waals surface area (Å²) in [5, 5.41) is 17.8. The van der Waals surface area contributed by atoms with Crippen LogP contribution in [0.4, 0.5) is 5.88 Å². The summed E-state index contributed by atoms with van der Waals surface area (Å²) in [6.07, 6.45) is 1.58. The maximum atomic E-state index is 13.6. The Kier molecular flexibility index (Phi) is 8.21. The number of amides is 1. The van der Waals surface area contributed by atoms with Crippen LogP contribution >= 0.6 is 23.2 Å². The van der Waals surface area contributed by atoms with Crippen LogP contribution in [0.15, 0.2) is 46.4 Å². The van der Waals surface area contributed by atoms with E-state index >= 15 is 0 Å². The number of anilines is 1. The molecule has 0 saturated heterocycles. The highest BCUT2D eigenvalue weighted by Gasteiger charge is 2.31. The molecule has 2 aromatic heterocycles. The molecule has 8 nitrogen and oxygen atoms in total. The number of nitrogens with one attached hydrogen (secondary N) is 1. The summed E-state index contributed by atoms with van der Waals surface area (Å²) < 4.78 is 13.2. The first-order valence-corrected chi connectivity index (χ1v) is 14.3. The highest BCUT2D eigenvalue weighted by atomic mass is 35.5. The highest BCUT2D eigenvalue weighted by molar-refractivity contribution is 6.34. The van der Waals surface area contributed by atoms with Crippen LogP contribution in [0.2, 0.25) is 10.0 Å². The third-order valence-corrected chi connectivity index (χ3v) is 8.55. The minimum atomic E-state index is -1.21. The first-order valence-electron chi connectivity index (χ1n) is 13.5. The van der Waals surface area contributed by atoms with Gasteiger partial charge in [-0.25, -0.2) is 4.79 Å². The van der Waals surface area contributed by atoms with E-state index in [1.165, 1.54) is 12.1 Å². The van der Waals surface area contributed by atoms with Crippen molar-refractivity contribution in [2.24, 2.45) is 7.05 Å². The monoisotopic (exact) mass is 607 g/mol. The van der Waals surface area contributed by atoms with E-state index in [1.54, 1.807) is 0 Å². The van der Waals surface area contributed by atoms with Crippen molar-refractivity contribution in [1.29, 1.82) is 0 Å². The van der Waals surface area contributed by atoms with Crippen molar-refractivity contribution >= 4 is 46.5 Å². The number of carbonyl (C=O) groups excluding carboxylic acids is 1. The quantitative estimate of drug-likeness (QED) is 0.189. The number of aryl methyl sites for hydroxylation is 4. The largest absolute Gasteiger partial charge is 0.494 e. The molecular formula is C32H31Cl2N3O5. The molecule has 218 valence electrons. The van der Waals surface area contributed by atoms with Gasteiger partial charge in [-0.15, -0.1) is 0 Å². The smallest absolute Gasteiger partial charge is 0.371 e. The molecule has 0 unspecified atom stereocenters. The van der Waals surface area contributed by atoms with E-state index in [2.05, 4.69) is 10.4 Å². The molecule has 42 heavy (non-hydrogen) atoms. The molecule has 1 aliphatic carbocycles. The topological polar surface area (TPSA) is 107 Å². The average Bonchev–Trinajstić information content (AvgIpc) is 3.62. The van der Waals surface area contributed by atoms with E-state index < -0.39 is 5.97 Å². The number of allylic oxidation sites excluding steroid dienone is 1. The van der Waals surface area contributed by atoms with Gasteiger partial charge in [-0.2, -0.15) is 5.10 Å². The number of nitrogens with zero attached hydrogens (tertiary/aromatic N) is 2. The van der Waals surface area contributed by atoms with Crippen LogP contribution in [0.5, 0.6) is 5.75 Å². The highest BCUT2D eigenvalue weighted by Crippen LogP contribution is 2.45. The Bertz CT molecular complexity index is 1740. The molecule has 0 fully saturated rings. The van der Waals surface area contributed by atoms with Gasteiger partial charge in [0.05, 0.1) is 12.3 Å². The number of carboxylic acid groups (broad SMARTS) is 1. The van der Waals surface area contributed by atoms with Crippen LogP contribution in [-0.2, 0) is 18.3 Å². The summed E-state index contributed by atoms with van der Waals surface area (Å²) >= 11 is 13.1. The molecule has 1 amide bonds. The van der Waals surface area contributed by atoms with Gasteiger partial charge in [-0.05, 0) is 92.6 Å². The van der Waals surface area contributed by atoms with E-state index in [9.17, 15) is 14.7 Å². The second-order valence-electron chi connectivity index (χ2n) is 10.5. The first-order chi connectivity index (χ1) is 20.0. The normalized spacial score (nSPS) is 12.5. The van der Waals surface area contributed by atoms with E-state index in [4.69, 9.17) is 32.4 Å². The lowest BCUT2D eigenvalue weighted by atomic mass is 9.93. The van der Waals surface area contributed by atoms with E-state index in [0.717, 1.165) is 61.1 Å². The number of halogens is 2. The summed E-state index contributed by atoms with van der Waals surface area (Å²) in [5.41, 5.74) is 8.91. The Morgan fingerprint density at radius 1 is 1.07 bits per heavy atom. The summed E-state index contributed by atoms with van der Waals surface area (Å²) in [7, 11) is 1.89. The molecule has 2 aromatic carbocycles. The second-order valence-corrected chi connectivity index (χ2v) is 11.3. The second kappa shape index (κ2) is 11.7. The molecule has 0 radical (unpaired) electrons. The van der Waals surface area contributed by atoms with Crippen molar-refractivity contribution in [3.8, 4) is 16.9 Å². The minimum absolute atomic E-state index is 0.0641. The van der Waals surface area contributed by atoms with E-state index in [0.29, 0.717) is 36.5 Å². The van der Waals surface area contributed by atoms with E-state index in [-0.39, 0.29) is 17.6 Å². The lowest BCUT2D eigenvalue weighted by molar-refractivity contribution is -0.113. The number of aromatic nitrogens is 2. The van der Waals surface area contributed by atoms with Crippen molar-refractivity contribution in [3.63, 3.8) is 0 Å². The van der Waals surface area contributed by atoms with Crippen molar-refractivity contribution in [1.82, 2.24) is 9.78 Å². The Hall–Kier alpha value is -4.01. The van der Waals surface area contributed by atoms with Crippen molar-refractivity contribution in [2.75, 3.05) is 11.9 Å². The number of benzene rings is 2. The number of aromatic carboxylic acids is 1. The molecule has 0 atom stereocenters. The van der Waals surface area contributed by atoms with Crippen LogP contribution in [-0.4, -0.2) is 33.4 Å². The fraction of sp³-hybridized carbons (Fsp3) is 0.281. The number of ether oxygens (including phenoxy) is 1. The standard InChI is InChI=1S/C32H31Cl2N3O5/c1-16-13-20(14-17(2)30(16)34)41-12-6-7-21-22-8-9-25(33)29(28-18(3)36-37(5)19(28)4)23(22)15-24(21)31(38)35-27-11-10-26(42-27)32(39)40/h8-11,13-14H,6-7,12,15H2,1-5H3,(H,35,38)(H,39,40). The first kappa shape index (κ1) is 29.5. The predicted octanol–water partition coefficient (Wildman–Crippen LogP) is 7.73. The lowest BCUT2D eigenvalue weighted by Gasteiger charge is -2.14. The molecule has 5 rings (SSSR count). The van der Waals surface area contributed by atoms with Crippen molar-refractivity contribution < 1.29 is 23.8 Å². The molecule has 1 aliphatic rings. The minimum Gasteiger partial charge on any atom is -0.494 e. The molecule has 0 spiro atoms. The summed E-state index contributed by atoms with van der Waals surface area (Å²) in [5.74, 6) is -1.02. The van der Waals surface area contributed by atoms with Gasteiger partial charge < -0.3 is 14.3 Å². The fourth-order valence-corrected chi connectivity index (χ4v) is 5.96. The van der Waals surface area contributed by atoms with E-state index in [1.807, 2.05) is 63.7 Å². The number of carbonyl (C=O) groups is 2. The maximum absolute atomic E-state index is 13.6. The van der Waals surface area contributed by atoms with Gasteiger partial charge in [0, 0.05) is 52.0 Å². The van der Waals surface area contributed by atoms with Crippen LogP contribution in [0.25, 0.3) is 16.7 Å².